The van der Waals surface area contributed by atoms with E-state index in [1.165, 1.54) is 11.3 Å². The number of piperazine rings is 1. The number of nitrogens with two attached hydrogens (primary N) is 1. The Hall–Kier alpha value is -1.05. The average Bonchev–Trinajstić information content (AvgIpc) is 2.84. The number of aromatic nitrogens is 1. The second kappa shape index (κ2) is 5.75. The standard InChI is InChI=1S/C13H20N4OS2/c1-9-15-8-10(20-9)11(18)16-4-6-17(7-5-16)13(2,3)12(14)19/h8H,4-7H2,1-3H3,(H2,14,19). The van der Waals surface area contributed by atoms with Gasteiger partial charge in [0.25, 0.3) is 5.91 Å². The van der Waals surface area contributed by atoms with Crippen LogP contribution in [0.1, 0.15) is 28.5 Å². The zero-order valence-corrected chi connectivity index (χ0v) is 13.7. The highest BCUT2D eigenvalue weighted by molar-refractivity contribution is 7.80. The molecule has 0 atom stereocenters. The van der Waals surface area contributed by atoms with Crippen LogP contribution in [0, 0.1) is 6.92 Å². The maximum absolute atomic E-state index is 12.3. The van der Waals surface area contributed by atoms with E-state index >= 15 is 0 Å². The van der Waals surface area contributed by atoms with Gasteiger partial charge in [0, 0.05) is 26.2 Å². The number of carbonyl (C=O) groups is 1. The van der Waals surface area contributed by atoms with Gasteiger partial charge in [0.15, 0.2) is 0 Å². The Morgan fingerprint density at radius 3 is 2.45 bits per heavy atom. The highest BCUT2D eigenvalue weighted by atomic mass is 32.1. The van der Waals surface area contributed by atoms with Gasteiger partial charge >= 0.3 is 0 Å². The molecule has 20 heavy (non-hydrogen) atoms. The van der Waals surface area contributed by atoms with Crippen LogP contribution in [-0.2, 0) is 0 Å². The molecule has 110 valence electrons. The van der Waals surface area contributed by atoms with Crippen LogP contribution in [0.25, 0.3) is 0 Å². The highest BCUT2D eigenvalue weighted by Crippen LogP contribution is 2.20. The minimum atomic E-state index is -0.300. The van der Waals surface area contributed by atoms with Gasteiger partial charge in [-0.15, -0.1) is 11.3 Å². The first-order valence-electron chi connectivity index (χ1n) is 6.59. The molecule has 1 saturated heterocycles. The summed E-state index contributed by atoms with van der Waals surface area (Å²) >= 11 is 6.57. The van der Waals surface area contributed by atoms with Crippen LogP contribution in [0.15, 0.2) is 6.20 Å². The molecular formula is C13H20N4OS2. The predicted octanol–water partition coefficient (Wildman–Crippen LogP) is 1.27. The third-order valence-electron chi connectivity index (χ3n) is 3.79. The number of carbonyl (C=O) groups excluding carboxylic acids is 1. The van der Waals surface area contributed by atoms with E-state index in [4.69, 9.17) is 18.0 Å². The summed E-state index contributed by atoms with van der Waals surface area (Å²) in [4.78, 5) is 21.8. The number of rotatable bonds is 3. The van der Waals surface area contributed by atoms with E-state index in [0.717, 1.165) is 18.1 Å². The SMILES string of the molecule is Cc1ncc(C(=O)N2CCN(C(C)(C)C(N)=S)CC2)s1. The van der Waals surface area contributed by atoms with Crippen molar-refractivity contribution >= 4 is 34.5 Å². The maximum atomic E-state index is 12.3. The molecule has 7 heteroatoms. The summed E-state index contributed by atoms with van der Waals surface area (Å²) in [5.74, 6) is 0.0726. The van der Waals surface area contributed by atoms with Gasteiger partial charge in [-0.05, 0) is 20.8 Å². The number of hydrogen-bond acceptors (Lipinski definition) is 5. The normalized spacial score (nSPS) is 17.2. The largest absolute Gasteiger partial charge is 0.392 e. The molecule has 2 N–H and O–H groups in total. The first-order valence-corrected chi connectivity index (χ1v) is 7.81. The molecule has 0 radical (unpaired) electrons. The quantitative estimate of drug-likeness (QED) is 0.852. The summed E-state index contributed by atoms with van der Waals surface area (Å²) in [6, 6.07) is 0. The van der Waals surface area contributed by atoms with Crippen molar-refractivity contribution in [1.82, 2.24) is 14.8 Å². The minimum absolute atomic E-state index is 0.0726. The fraction of sp³-hybridized carbons (Fsp3) is 0.615. The molecular weight excluding hydrogens is 292 g/mol. The van der Waals surface area contributed by atoms with E-state index in [0.29, 0.717) is 23.0 Å². The molecule has 2 rings (SSSR count). The van der Waals surface area contributed by atoms with E-state index in [1.54, 1.807) is 6.20 Å². The molecule has 1 fully saturated rings. The van der Waals surface area contributed by atoms with Gasteiger partial charge in [-0.2, -0.15) is 0 Å². The summed E-state index contributed by atoms with van der Waals surface area (Å²) in [6.07, 6.45) is 1.66. The number of thiocarbonyl (C=S) groups is 1. The molecule has 1 amide bonds. The molecule has 1 aliphatic heterocycles. The lowest BCUT2D eigenvalue weighted by Crippen LogP contribution is -2.59. The Labute approximate surface area is 128 Å². The number of hydrogen-bond donors (Lipinski definition) is 1. The fourth-order valence-corrected chi connectivity index (χ4v) is 3.12. The summed E-state index contributed by atoms with van der Waals surface area (Å²) in [6.45, 7) is 8.92. The second-order valence-electron chi connectivity index (χ2n) is 5.45. The van der Waals surface area contributed by atoms with Gasteiger partial charge in [-0.1, -0.05) is 12.2 Å². The molecule has 0 bridgehead atoms. The zero-order chi connectivity index (χ0) is 14.9. The molecule has 0 unspecified atom stereocenters. The monoisotopic (exact) mass is 312 g/mol. The summed E-state index contributed by atoms with van der Waals surface area (Å²) in [5.41, 5.74) is 5.49. The van der Waals surface area contributed by atoms with Crippen LogP contribution >= 0.6 is 23.6 Å². The average molecular weight is 312 g/mol. The fourth-order valence-electron chi connectivity index (χ4n) is 2.24. The van der Waals surface area contributed by atoms with Crippen LogP contribution in [-0.4, -0.2) is 57.4 Å². The van der Waals surface area contributed by atoms with Gasteiger partial charge in [0.05, 0.1) is 21.7 Å². The third kappa shape index (κ3) is 2.99. The summed E-state index contributed by atoms with van der Waals surface area (Å²) < 4.78 is 0. The molecule has 0 spiro atoms. The van der Waals surface area contributed by atoms with E-state index in [1.807, 2.05) is 25.7 Å². The van der Waals surface area contributed by atoms with Crippen molar-refractivity contribution in [3.63, 3.8) is 0 Å². The van der Waals surface area contributed by atoms with Crippen molar-refractivity contribution in [2.24, 2.45) is 5.73 Å². The van der Waals surface area contributed by atoms with Crippen LogP contribution in [0.4, 0.5) is 0 Å². The van der Waals surface area contributed by atoms with Gasteiger partial charge < -0.3 is 10.6 Å². The molecule has 0 saturated carbocycles. The van der Waals surface area contributed by atoms with Crippen molar-refractivity contribution in [3.05, 3.63) is 16.1 Å². The smallest absolute Gasteiger partial charge is 0.265 e. The second-order valence-corrected chi connectivity index (χ2v) is 7.12. The van der Waals surface area contributed by atoms with Crippen molar-refractivity contribution in [1.29, 1.82) is 0 Å². The van der Waals surface area contributed by atoms with Crippen LogP contribution in [0.2, 0.25) is 0 Å². The minimum Gasteiger partial charge on any atom is -0.392 e. The first kappa shape index (κ1) is 15.3. The van der Waals surface area contributed by atoms with Gasteiger partial charge in [-0.3, -0.25) is 9.69 Å². The Morgan fingerprint density at radius 1 is 1.40 bits per heavy atom. The maximum Gasteiger partial charge on any atom is 0.265 e. The highest BCUT2D eigenvalue weighted by Gasteiger charge is 2.33. The summed E-state index contributed by atoms with van der Waals surface area (Å²) in [5, 5.41) is 0.918. The Morgan fingerprint density at radius 2 is 2.00 bits per heavy atom. The lowest BCUT2D eigenvalue weighted by atomic mass is 10.0. The van der Waals surface area contributed by atoms with E-state index in [9.17, 15) is 4.79 Å². The number of thiazole rings is 1. The van der Waals surface area contributed by atoms with E-state index in [2.05, 4.69) is 9.88 Å². The van der Waals surface area contributed by atoms with Gasteiger partial charge in [-0.25, -0.2) is 4.98 Å². The number of amides is 1. The van der Waals surface area contributed by atoms with Crippen molar-refractivity contribution in [2.45, 2.75) is 26.3 Å². The summed E-state index contributed by atoms with van der Waals surface area (Å²) in [7, 11) is 0. The van der Waals surface area contributed by atoms with Crippen molar-refractivity contribution in [3.8, 4) is 0 Å². The molecule has 5 nitrogen and oxygen atoms in total. The Kier molecular flexibility index (Phi) is 4.41. The molecule has 2 heterocycles. The molecule has 1 aromatic rings. The molecule has 0 aliphatic carbocycles. The lowest BCUT2D eigenvalue weighted by Gasteiger charge is -2.43. The van der Waals surface area contributed by atoms with Crippen LogP contribution < -0.4 is 5.73 Å². The molecule has 0 aromatic carbocycles. The number of nitrogens with zero attached hydrogens (tertiary/aromatic N) is 3. The van der Waals surface area contributed by atoms with Crippen LogP contribution in [0.3, 0.4) is 0 Å². The van der Waals surface area contributed by atoms with Gasteiger partial charge in [0.2, 0.25) is 0 Å². The van der Waals surface area contributed by atoms with Gasteiger partial charge in [0.1, 0.15) is 4.88 Å². The lowest BCUT2D eigenvalue weighted by molar-refractivity contribution is 0.0543. The van der Waals surface area contributed by atoms with E-state index < -0.39 is 0 Å². The molecule has 1 aliphatic rings. The zero-order valence-electron chi connectivity index (χ0n) is 12.0. The topological polar surface area (TPSA) is 62.5 Å². The van der Waals surface area contributed by atoms with E-state index in [-0.39, 0.29) is 11.4 Å². The number of aryl methyl sites for hydroxylation is 1. The third-order valence-corrected chi connectivity index (χ3v) is 5.19. The molecule has 1 aromatic heterocycles. The first-order chi connectivity index (χ1) is 9.32. The Bertz CT molecular complexity index is 518. The van der Waals surface area contributed by atoms with Crippen LogP contribution in [0.5, 0.6) is 0 Å². The Balaban J connectivity index is 1.98. The van der Waals surface area contributed by atoms with Crippen molar-refractivity contribution < 1.29 is 4.79 Å². The predicted molar refractivity (Wildman–Crippen MR) is 85.2 cm³/mol. The van der Waals surface area contributed by atoms with Crippen molar-refractivity contribution in [2.75, 3.05) is 26.2 Å².